The molecule has 0 aliphatic heterocycles. The second kappa shape index (κ2) is 6.10. The third kappa shape index (κ3) is 2.91. The number of hydrogen-bond acceptors (Lipinski definition) is 1. The van der Waals surface area contributed by atoms with E-state index >= 15 is 0 Å². The van der Waals surface area contributed by atoms with Crippen molar-refractivity contribution in [2.75, 3.05) is 0 Å². The van der Waals surface area contributed by atoms with Gasteiger partial charge in [-0.3, -0.25) is 4.98 Å². The minimum Gasteiger partial charge on any atom is -0.256 e. The molecule has 0 radical (unpaired) electrons. The smallest absolute Gasteiger partial charge is 0.126 e. The predicted octanol–water partition coefficient (Wildman–Crippen LogP) is 5.68. The van der Waals surface area contributed by atoms with E-state index in [0.717, 1.165) is 23.4 Å². The first kappa shape index (κ1) is 8.23. The summed E-state index contributed by atoms with van der Waals surface area (Å²) in [7, 11) is 0. The summed E-state index contributed by atoms with van der Waals surface area (Å²) in [6, 6.07) is 16.4. The van der Waals surface area contributed by atoms with Crippen LogP contribution >= 0.6 is 0 Å². The van der Waals surface area contributed by atoms with Crippen LogP contribution in [0.4, 0.5) is 4.39 Å². The Kier molecular flexibility index (Phi) is 2.28. The van der Waals surface area contributed by atoms with Crippen LogP contribution in [0.2, 0.25) is 0 Å². The van der Waals surface area contributed by atoms with Crippen molar-refractivity contribution in [2.45, 2.75) is 19.6 Å². The van der Waals surface area contributed by atoms with Crippen molar-refractivity contribution in [2.24, 2.45) is 0 Å². The zero-order valence-electron chi connectivity index (χ0n) is 18.7. The summed E-state index contributed by atoms with van der Waals surface area (Å²) in [4.78, 5) is 4.37. The second-order valence-electron chi connectivity index (χ2n) is 4.87. The molecule has 1 nitrogen and oxygen atoms in total. The fourth-order valence-electron chi connectivity index (χ4n) is 2.24. The first-order chi connectivity index (χ1) is 13.4. The van der Waals surface area contributed by atoms with Crippen molar-refractivity contribution >= 4 is 0 Å². The zero-order valence-corrected chi connectivity index (χ0v) is 11.7. The Morgan fingerprint density at radius 1 is 0.955 bits per heavy atom. The predicted molar refractivity (Wildman–Crippen MR) is 89.2 cm³/mol. The molecular weight excluding hydrogens is 273 g/mol. The van der Waals surface area contributed by atoms with Crippen molar-refractivity contribution in [1.82, 2.24) is 4.98 Å². The molecule has 2 heteroatoms. The molecule has 3 aromatic rings. The van der Waals surface area contributed by atoms with E-state index in [1.807, 2.05) is 30.3 Å². The Balaban J connectivity index is 2.08. The highest BCUT2D eigenvalue weighted by Gasteiger charge is 2.09. The van der Waals surface area contributed by atoms with E-state index < -0.39 is 31.0 Å². The van der Waals surface area contributed by atoms with E-state index in [1.165, 1.54) is 12.3 Å². The monoisotopic (exact) mass is 298 g/mol. The highest BCUT2D eigenvalue weighted by molar-refractivity contribution is 5.67. The van der Waals surface area contributed by atoms with Crippen LogP contribution in [0.1, 0.15) is 34.8 Å². The minimum atomic E-state index is -3.26. The van der Waals surface area contributed by atoms with Gasteiger partial charge in [0.1, 0.15) is 5.82 Å². The number of halogens is 1. The standard InChI is InChI=1S/C20H18FN/c1-14(2)18-12-16(8-10-19(18)21)17-9-11-20(22-13-17)15-6-4-3-5-7-15/h3-14H,1-2H3/i1D3,2D3,14D. The summed E-state index contributed by atoms with van der Waals surface area (Å²) < 4.78 is 68.2. The fraction of sp³-hybridized carbons (Fsp3) is 0.150. The maximum absolute atomic E-state index is 14.5. The SMILES string of the molecule is [2H]C([2H])([2H])C([2H])(c1cc(-c2ccc(-c3ccccc3)nc2)ccc1F)C([2H])([2H])[2H]. The van der Waals surface area contributed by atoms with E-state index in [4.69, 9.17) is 9.60 Å². The molecule has 0 spiro atoms. The number of hydrogen-bond donors (Lipinski definition) is 0. The Labute approximate surface area is 140 Å². The quantitative estimate of drug-likeness (QED) is 0.606. The van der Waals surface area contributed by atoms with Gasteiger partial charge in [-0.1, -0.05) is 56.2 Å². The topological polar surface area (TPSA) is 12.9 Å². The Morgan fingerprint density at radius 3 is 2.41 bits per heavy atom. The molecule has 0 saturated heterocycles. The maximum atomic E-state index is 14.5. The summed E-state index contributed by atoms with van der Waals surface area (Å²) in [5.74, 6) is -4.15. The van der Waals surface area contributed by atoms with Gasteiger partial charge >= 0.3 is 0 Å². The lowest BCUT2D eigenvalue weighted by Crippen LogP contribution is -1.94. The molecule has 110 valence electrons. The minimum absolute atomic E-state index is 0.374. The van der Waals surface area contributed by atoms with Crippen LogP contribution in [-0.2, 0) is 0 Å². The molecule has 2 aromatic carbocycles. The highest BCUT2D eigenvalue weighted by Crippen LogP contribution is 2.27. The third-order valence-corrected chi connectivity index (χ3v) is 3.40. The number of rotatable bonds is 3. The molecule has 1 aromatic heterocycles. The summed E-state index contributed by atoms with van der Waals surface area (Å²) in [6.07, 6.45) is 1.54. The van der Waals surface area contributed by atoms with Gasteiger partial charge in [-0.05, 0) is 35.2 Å². The first-order valence-corrected chi connectivity index (χ1v) is 6.77. The summed E-state index contributed by atoms with van der Waals surface area (Å²) in [6.45, 7) is -6.51. The first-order valence-electron chi connectivity index (χ1n) is 10.3. The molecule has 22 heavy (non-hydrogen) atoms. The average Bonchev–Trinajstić information content (AvgIpc) is 2.67. The maximum Gasteiger partial charge on any atom is 0.126 e. The van der Waals surface area contributed by atoms with Crippen LogP contribution in [0, 0.1) is 5.82 Å². The van der Waals surface area contributed by atoms with Crippen LogP contribution in [0.15, 0.2) is 66.9 Å². The molecule has 0 N–H and O–H groups in total. The number of nitrogens with zero attached hydrogens (tertiary/aromatic N) is 1. The van der Waals surface area contributed by atoms with Gasteiger partial charge in [0.05, 0.1) is 5.69 Å². The molecule has 3 rings (SSSR count). The van der Waals surface area contributed by atoms with Crippen molar-refractivity contribution in [1.29, 1.82) is 0 Å². The molecule has 0 fully saturated rings. The lowest BCUT2D eigenvalue weighted by atomic mass is 9.97. The van der Waals surface area contributed by atoms with Gasteiger partial charge in [0.25, 0.3) is 0 Å². The van der Waals surface area contributed by atoms with Crippen LogP contribution in [0.5, 0.6) is 0 Å². The lowest BCUT2D eigenvalue weighted by Gasteiger charge is -2.10. The number of aromatic nitrogens is 1. The van der Waals surface area contributed by atoms with E-state index in [2.05, 4.69) is 4.98 Å². The number of benzene rings is 2. The van der Waals surface area contributed by atoms with Crippen molar-refractivity contribution in [3.63, 3.8) is 0 Å². The molecule has 0 amide bonds. The lowest BCUT2D eigenvalue weighted by molar-refractivity contribution is 0.598. The number of pyridine rings is 1. The Bertz CT molecular complexity index is 982. The molecule has 0 saturated carbocycles. The van der Waals surface area contributed by atoms with Gasteiger partial charge in [-0.15, -0.1) is 0 Å². The van der Waals surface area contributed by atoms with Crippen LogP contribution < -0.4 is 0 Å². The fourth-order valence-corrected chi connectivity index (χ4v) is 2.24. The van der Waals surface area contributed by atoms with E-state index in [9.17, 15) is 4.39 Å². The summed E-state index contributed by atoms with van der Waals surface area (Å²) >= 11 is 0. The largest absolute Gasteiger partial charge is 0.256 e. The van der Waals surface area contributed by atoms with Crippen molar-refractivity contribution in [3.05, 3.63) is 78.2 Å². The van der Waals surface area contributed by atoms with Gasteiger partial charge in [0.2, 0.25) is 0 Å². The van der Waals surface area contributed by atoms with Gasteiger partial charge in [0, 0.05) is 26.9 Å². The third-order valence-electron chi connectivity index (χ3n) is 3.40. The Morgan fingerprint density at radius 2 is 1.73 bits per heavy atom. The van der Waals surface area contributed by atoms with Gasteiger partial charge in [-0.2, -0.15) is 0 Å². The summed E-state index contributed by atoms with van der Waals surface area (Å²) in [5.41, 5.74) is 1.86. The van der Waals surface area contributed by atoms with Crippen molar-refractivity contribution in [3.8, 4) is 22.4 Å². The van der Waals surface area contributed by atoms with Gasteiger partial charge in [0.15, 0.2) is 0 Å². The molecule has 0 bridgehead atoms. The van der Waals surface area contributed by atoms with Crippen LogP contribution in [0.3, 0.4) is 0 Å². The normalized spacial score (nSPS) is 17.2. The van der Waals surface area contributed by atoms with Gasteiger partial charge in [-0.25, -0.2) is 4.39 Å². The molecule has 0 atom stereocenters. The molecule has 0 aliphatic rings. The highest BCUT2D eigenvalue weighted by atomic mass is 19.1. The second-order valence-corrected chi connectivity index (χ2v) is 4.87. The molecule has 0 unspecified atom stereocenters. The van der Waals surface area contributed by atoms with Crippen LogP contribution in [-0.4, -0.2) is 4.98 Å². The average molecular weight is 298 g/mol. The van der Waals surface area contributed by atoms with Crippen LogP contribution in [0.25, 0.3) is 22.4 Å². The molecule has 1 heterocycles. The van der Waals surface area contributed by atoms with Crippen molar-refractivity contribution < 1.29 is 14.0 Å². The van der Waals surface area contributed by atoms with E-state index in [-0.39, 0.29) is 0 Å². The molecule has 0 aliphatic carbocycles. The van der Waals surface area contributed by atoms with E-state index in [0.29, 0.717) is 11.1 Å². The molecular formula is C20H18FN. The zero-order chi connectivity index (χ0) is 21.4. The van der Waals surface area contributed by atoms with Gasteiger partial charge < -0.3 is 0 Å². The summed E-state index contributed by atoms with van der Waals surface area (Å²) in [5, 5.41) is 0. The Hall–Kier alpha value is -2.48. The van der Waals surface area contributed by atoms with E-state index in [1.54, 1.807) is 12.1 Å².